The average Bonchev–Trinajstić information content (AvgIpc) is 2.91. The number of rotatable bonds is 2. The van der Waals surface area contributed by atoms with Crippen molar-refractivity contribution < 1.29 is 9.53 Å². The summed E-state index contributed by atoms with van der Waals surface area (Å²) in [7, 11) is 0. The summed E-state index contributed by atoms with van der Waals surface area (Å²) < 4.78 is 8.55. The van der Waals surface area contributed by atoms with Crippen molar-refractivity contribution in [3.8, 4) is 0 Å². The van der Waals surface area contributed by atoms with Crippen molar-refractivity contribution in [3.05, 3.63) is 45.9 Å². The molecular formula is C20H24N4O3. The van der Waals surface area contributed by atoms with Crippen LogP contribution in [0.4, 0.5) is 0 Å². The Bertz CT molecular complexity index is 1090. The van der Waals surface area contributed by atoms with Gasteiger partial charge in [0.1, 0.15) is 6.54 Å². The van der Waals surface area contributed by atoms with E-state index in [0.717, 1.165) is 22.0 Å². The number of ether oxygens (including phenoxy) is 1. The third-order valence-electron chi connectivity index (χ3n) is 5.05. The van der Waals surface area contributed by atoms with E-state index in [4.69, 9.17) is 4.74 Å². The lowest BCUT2D eigenvalue weighted by Crippen LogP contribution is -2.49. The van der Waals surface area contributed by atoms with Crippen molar-refractivity contribution in [2.75, 3.05) is 13.1 Å². The third kappa shape index (κ3) is 3.12. The standard InChI is InChI=1S/C20H24N4O3/c1-12-5-6-17-16(7-12)8-13(2)19-21-23(20(26)24(17)19)11-18(25)22-9-14(3)27-15(4)10-22/h5-8,14-15H,9-11H2,1-4H3. The SMILES string of the molecule is Cc1ccc2c(c1)cc(C)c1nn(CC(=O)N3CC(C)OC(C)C3)c(=O)n12. The predicted octanol–water partition coefficient (Wildman–Crippen LogP) is 1.90. The highest BCUT2D eigenvalue weighted by molar-refractivity contribution is 5.84. The maximum atomic E-state index is 13.0. The number of benzene rings is 1. The normalized spacial score (nSPS) is 20.5. The van der Waals surface area contributed by atoms with Gasteiger partial charge < -0.3 is 9.64 Å². The molecule has 0 spiro atoms. The molecule has 1 saturated heterocycles. The number of pyridine rings is 1. The molecule has 2 atom stereocenters. The zero-order valence-corrected chi connectivity index (χ0v) is 16.1. The largest absolute Gasteiger partial charge is 0.372 e. The van der Waals surface area contributed by atoms with Gasteiger partial charge in [-0.3, -0.25) is 4.79 Å². The van der Waals surface area contributed by atoms with E-state index in [0.29, 0.717) is 18.7 Å². The summed E-state index contributed by atoms with van der Waals surface area (Å²) in [5.74, 6) is -0.111. The van der Waals surface area contributed by atoms with Crippen LogP contribution in [0.1, 0.15) is 25.0 Å². The lowest BCUT2D eigenvalue weighted by Gasteiger charge is -2.35. The van der Waals surface area contributed by atoms with Crippen molar-refractivity contribution in [2.24, 2.45) is 0 Å². The van der Waals surface area contributed by atoms with Gasteiger partial charge in [-0.1, -0.05) is 11.6 Å². The summed E-state index contributed by atoms with van der Waals surface area (Å²) >= 11 is 0. The number of carbonyl (C=O) groups excluding carboxylic acids is 1. The van der Waals surface area contributed by atoms with E-state index in [1.54, 1.807) is 9.30 Å². The van der Waals surface area contributed by atoms with Gasteiger partial charge in [-0.2, -0.15) is 0 Å². The minimum atomic E-state index is -0.287. The lowest BCUT2D eigenvalue weighted by molar-refractivity contribution is -0.144. The molecule has 0 aliphatic carbocycles. The van der Waals surface area contributed by atoms with Gasteiger partial charge in [0.2, 0.25) is 5.91 Å². The summed E-state index contributed by atoms with van der Waals surface area (Å²) in [6.45, 7) is 8.86. The van der Waals surface area contributed by atoms with Crippen LogP contribution in [0.5, 0.6) is 0 Å². The molecule has 0 N–H and O–H groups in total. The smallest absolute Gasteiger partial charge is 0.351 e. The molecule has 7 heteroatoms. The fourth-order valence-corrected chi connectivity index (χ4v) is 3.88. The van der Waals surface area contributed by atoms with E-state index >= 15 is 0 Å². The van der Waals surface area contributed by atoms with Crippen LogP contribution in [-0.4, -0.2) is 50.3 Å². The fourth-order valence-electron chi connectivity index (χ4n) is 3.88. The molecule has 142 valence electrons. The Kier molecular flexibility index (Phi) is 4.26. The first-order valence-electron chi connectivity index (χ1n) is 9.26. The molecule has 1 aliphatic heterocycles. The molecule has 4 rings (SSSR count). The molecule has 27 heavy (non-hydrogen) atoms. The van der Waals surface area contributed by atoms with Gasteiger partial charge in [0.05, 0.1) is 17.7 Å². The molecule has 2 aromatic heterocycles. The number of hydrogen-bond donors (Lipinski definition) is 0. The Morgan fingerprint density at radius 2 is 1.89 bits per heavy atom. The Morgan fingerprint density at radius 3 is 2.59 bits per heavy atom. The van der Waals surface area contributed by atoms with Crippen LogP contribution in [0.3, 0.4) is 0 Å². The zero-order valence-electron chi connectivity index (χ0n) is 16.1. The minimum Gasteiger partial charge on any atom is -0.372 e. The van der Waals surface area contributed by atoms with Crippen molar-refractivity contribution in [1.29, 1.82) is 0 Å². The fraction of sp³-hybridized carbons (Fsp3) is 0.450. The summed E-state index contributed by atoms with van der Waals surface area (Å²) in [6.07, 6.45) is -0.0187. The van der Waals surface area contributed by atoms with Crippen LogP contribution >= 0.6 is 0 Å². The Balaban J connectivity index is 1.74. The maximum Gasteiger partial charge on any atom is 0.351 e. The molecule has 3 aromatic rings. The Hall–Kier alpha value is -2.67. The van der Waals surface area contributed by atoms with E-state index in [2.05, 4.69) is 5.10 Å². The number of hydrogen-bond acceptors (Lipinski definition) is 4. The van der Waals surface area contributed by atoms with Gasteiger partial charge in [0, 0.05) is 13.1 Å². The first-order valence-corrected chi connectivity index (χ1v) is 9.26. The van der Waals surface area contributed by atoms with Crippen molar-refractivity contribution >= 4 is 22.5 Å². The lowest BCUT2D eigenvalue weighted by atomic mass is 10.1. The van der Waals surface area contributed by atoms with Gasteiger partial charge in [0.25, 0.3) is 0 Å². The average molecular weight is 368 g/mol. The van der Waals surface area contributed by atoms with E-state index in [-0.39, 0.29) is 30.3 Å². The Morgan fingerprint density at radius 1 is 1.19 bits per heavy atom. The van der Waals surface area contributed by atoms with Crippen LogP contribution in [0.2, 0.25) is 0 Å². The predicted molar refractivity (Wildman–Crippen MR) is 103 cm³/mol. The number of amides is 1. The van der Waals surface area contributed by atoms with Gasteiger partial charge >= 0.3 is 5.69 Å². The topological polar surface area (TPSA) is 68.8 Å². The van der Waals surface area contributed by atoms with Crippen molar-refractivity contribution in [3.63, 3.8) is 0 Å². The highest BCUT2D eigenvalue weighted by atomic mass is 16.5. The molecule has 1 fully saturated rings. The van der Waals surface area contributed by atoms with E-state index < -0.39 is 0 Å². The molecule has 7 nitrogen and oxygen atoms in total. The molecule has 1 aliphatic rings. The van der Waals surface area contributed by atoms with E-state index in [9.17, 15) is 9.59 Å². The van der Waals surface area contributed by atoms with Crippen LogP contribution in [0.25, 0.3) is 16.6 Å². The molecule has 0 bridgehead atoms. The quantitative estimate of drug-likeness (QED) is 0.693. The third-order valence-corrected chi connectivity index (χ3v) is 5.05. The summed E-state index contributed by atoms with van der Waals surface area (Å²) in [5, 5.41) is 5.44. The molecular weight excluding hydrogens is 344 g/mol. The first kappa shape index (κ1) is 17.7. The molecule has 2 unspecified atom stereocenters. The van der Waals surface area contributed by atoms with Crippen LogP contribution < -0.4 is 5.69 Å². The van der Waals surface area contributed by atoms with E-state index in [1.807, 2.05) is 52.0 Å². The summed E-state index contributed by atoms with van der Waals surface area (Å²) in [4.78, 5) is 27.5. The molecule has 1 aromatic carbocycles. The molecule has 0 saturated carbocycles. The van der Waals surface area contributed by atoms with Crippen LogP contribution in [0, 0.1) is 13.8 Å². The molecule has 1 amide bonds. The summed E-state index contributed by atoms with van der Waals surface area (Å²) in [5.41, 5.74) is 3.15. The second kappa shape index (κ2) is 6.49. The maximum absolute atomic E-state index is 13.0. The molecule has 3 heterocycles. The Labute approximate surface area is 157 Å². The first-order chi connectivity index (χ1) is 12.8. The second-order valence-corrected chi connectivity index (χ2v) is 7.54. The van der Waals surface area contributed by atoms with Gasteiger partial charge in [-0.15, -0.1) is 5.10 Å². The number of carbonyl (C=O) groups is 1. The van der Waals surface area contributed by atoms with Crippen LogP contribution in [-0.2, 0) is 16.1 Å². The highest BCUT2D eigenvalue weighted by Gasteiger charge is 2.27. The summed E-state index contributed by atoms with van der Waals surface area (Å²) in [6, 6.07) is 7.98. The number of nitrogens with zero attached hydrogens (tertiary/aromatic N) is 4. The van der Waals surface area contributed by atoms with Gasteiger partial charge in [-0.25, -0.2) is 13.9 Å². The highest BCUT2D eigenvalue weighted by Crippen LogP contribution is 2.20. The zero-order chi connectivity index (χ0) is 19.3. The number of aryl methyl sites for hydroxylation is 2. The minimum absolute atomic E-state index is 0.00933. The number of fused-ring (bicyclic) bond motifs is 3. The van der Waals surface area contributed by atoms with Crippen molar-refractivity contribution in [2.45, 2.75) is 46.4 Å². The van der Waals surface area contributed by atoms with E-state index in [1.165, 1.54) is 4.68 Å². The molecule has 0 radical (unpaired) electrons. The number of aromatic nitrogens is 3. The van der Waals surface area contributed by atoms with Crippen LogP contribution in [0.15, 0.2) is 29.1 Å². The van der Waals surface area contributed by atoms with Gasteiger partial charge in [-0.05, 0) is 56.8 Å². The second-order valence-electron chi connectivity index (χ2n) is 7.54. The monoisotopic (exact) mass is 368 g/mol. The number of morpholine rings is 1. The van der Waals surface area contributed by atoms with Crippen molar-refractivity contribution in [1.82, 2.24) is 19.1 Å². The van der Waals surface area contributed by atoms with Gasteiger partial charge in [0.15, 0.2) is 5.65 Å².